The lowest BCUT2D eigenvalue weighted by atomic mass is 10.2. The van der Waals surface area contributed by atoms with Gasteiger partial charge in [0, 0.05) is 0 Å². The van der Waals surface area contributed by atoms with Gasteiger partial charge in [-0.05, 0) is 49.0 Å². The molecule has 0 unspecified atom stereocenters. The third-order valence-corrected chi connectivity index (χ3v) is 3.46. The first-order valence-electron chi connectivity index (χ1n) is 6.99. The van der Waals surface area contributed by atoms with Crippen LogP contribution in [0, 0.1) is 17.0 Å². The topological polar surface area (TPSA) is 85.7 Å². The van der Waals surface area contributed by atoms with E-state index in [4.69, 9.17) is 21.7 Å². The molecule has 0 bridgehead atoms. The molecule has 0 heterocycles. The minimum absolute atomic E-state index is 0.130. The number of nitrogens with one attached hydrogen (secondary N) is 2. The van der Waals surface area contributed by atoms with Gasteiger partial charge in [0.1, 0.15) is 17.2 Å². The quantitative estimate of drug-likeness (QED) is 0.484. The number of thiocarbonyl (C=S) groups is 1. The summed E-state index contributed by atoms with van der Waals surface area (Å²) in [4.78, 5) is 10.7. The fraction of sp³-hybridized carbons (Fsp3) is 0.188. The number of benzene rings is 2. The highest BCUT2D eigenvalue weighted by Gasteiger charge is 2.16. The van der Waals surface area contributed by atoms with Crippen molar-refractivity contribution in [2.75, 3.05) is 24.9 Å². The van der Waals surface area contributed by atoms with Crippen molar-refractivity contribution in [3.8, 4) is 11.5 Å². The lowest BCUT2D eigenvalue weighted by molar-refractivity contribution is -0.384. The average Bonchev–Trinajstić information content (AvgIpc) is 2.55. The molecule has 0 aromatic heterocycles. The zero-order valence-electron chi connectivity index (χ0n) is 13.5. The van der Waals surface area contributed by atoms with Gasteiger partial charge in [-0.15, -0.1) is 0 Å². The summed E-state index contributed by atoms with van der Waals surface area (Å²) >= 11 is 5.24. The molecule has 24 heavy (non-hydrogen) atoms. The van der Waals surface area contributed by atoms with Crippen LogP contribution in [0.15, 0.2) is 36.4 Å². The molecular weight excluding hydrogens is 330 g/mol. The number of aryl methyl sites for hydroxylation is 1. The van der Waals surface area contributed by atoms with Gasteiger partial charge in [0.05, 0.1) is 30.9 Å². The molecule has 126 valence electrons. The number of ether oxygens (including phenoxy) is 2. The van der Waals surface area contributed by atoms with Crippen LogP contribution >= 0.6 is 12.2 Å². The van der Waals surface area contributed by atoms with Crippen molar-refractivity contribution in [2.45, 2.75) is 6.92 Å². The van der Waals surface area contributed by atoms with E-state index in [0.717, 1.165) is 5.56 Å². The second kappa shape index (κ2) is 7.60. The minimum Gasteiger partial charge on any atom is -0.496 e. The van der Waals surface area contributed by atoms with Gasteiger partial charge in [-0.2, -0.15) is 0 Å². The van der Waals surface area contributed by atoms with Crippen LogP contribution in [0.1, 0.15) is 5.56 Å². The van der Waals surface area contributed by atoms with Gasteiger partial charge in [-0.1, -0.05) is 6.07 Å². The molecule has 2 aromatic rings. The van der Waals surface area contributed by atoms with Gasteiger partial charge in [-0.25, -0.2) is 0 Å². The summed E-state index contributed by atoms with van der Waals surface area (Å²) in [7, 11) is 3.00. The molecule has 0 fully saturated rings. The smallest absolute Gasteiger partial charge is 0.296 e. The number of hydrogen-bond donors (Lipinski definition) is 2. The molecule has 7 nitrogen and oxygen atoms in total. The summed E-state index contributed by atoms with van der Waals surface area (Å²) in [6.07, 6.45) is 0. The largest absolute Gasteiger partial charge is 0.496 e. The van der Waals surface area contributed by atoms with E-state index in [1.165, 1.54) is 13.2 Å². The maximum absolute atomic E-state index is 11.2. The molecule has 0 aliphatic rings. The predicted molar refractivity (Wildman–Crippen MR) is 97.2 cm³/mol. The standard InChI is InChI=1S/C16H17N3O4S/c1-10-4-7-15(23-3)13(8-10)18-16(24)17-12-6-5-11(22-2)9-14(12)19(20)21/h4-9H,1-3H3,(H2,17,18,24). The van der Waals surface area contributed by atoms with Crippen LogP contribution in [0.5, 0.6) is 11.5 Å². The molecule has 2 rings (SSSR count). The van der Waals surface area contributed by atoms with Gasteiger partial charge >= 0.3 is 0 Å². The number of rotatable bonds is 5. The van der Waals surface area contributed by atoms with Crippen molar-refractivity contribution < 1.29 is 14.4 Å². The first-order chi connectivity index (χ1) is 11.4. The Bertz CT molecular complexity index is 780. The van der Waals surface area contributed by atoms with Gasteiger partial charge in [0.25, 0.3) is 5.69 Å². The summed E-state index contributed by atoms with van der Waals surface area (Å²) in [5.74, 6) is 1.01. The molecule has 2 N–H and O–H groups in total. The van der Waals surface area contributed by atoms with E-state index < -0.39 is 4.92 Å². The van der Waals surface area contributed by atoms with Crippen LogP contribution in [0.3, 0.4) is 0 Å². The van der Waals surface area contributed by atoms with Gasteiger partial charge in [0.2, 0.25) is 0 Å². The van der Waals surface area contributed by atoms with Crippen molar-refractivity contribution in [3.05, 3.63) is 52.1 Å². The maximum Gasteiger partial charge on any atom is 0.296 e. The monoisotopic (exact) mass is 347 g/mol. The third-order valence-electron chi connectivity index (χ3n) is 3.25. The van der Waals surface area contributed by atoms with E-state index in [9.17, 15) is 10.1 Å². The van der Waals surface area contributed by atoms with Crippen LogP contribution in [0.25, 0.3) is 0 Å². The second-order valence-electron chi connectivity index (χ2n) is 4.92. The van der Waals surface area contributed by atoms with Crippen molar-refractivity contribution >= 4 is 34.4 Å². The lowest BCUT2D eigenvalue weighted by Crippen LogP contribution is -2.20. The normalized spacial score (nSPS) is 9.96. The number of anilines is 2. The SMILES string of the molecule is COc1ccc(NC(=S)Nc2cc(C)ccc2OC)c([N+](=O)[O-])c1. The molecule has 8 heteroatoms. The van der Waals surface area contributed by atoms with Crippen LogP contribution in [0.2, 0.25) is 0 Å². The van der Waals surface area contributed by atoms with Gasteiger partial charge in [-0.3, -0.25) is 10.1 Å². The number of nitro benzene ring substituents is 1. The highest BCUT2D eigenvalue weighted by atomic mass is 32.1. The zero-order chi connectivity index (χ0) is 17.7. The van der Waals surface area contributed by atoms with Crippen LogP contribution in [-0.4, -0.2) is 24.3 Å². The fourth-order valence-electron chi connectivity index (χ4n) is 2.09. The van der Waals surface area contributed by atoms with E-state index in [0.29, 0.717) is 17.2 Å². The van der Waals surface area contributed by atoms with E-state index >= 15 is 0 Å². The van der Waals surface area contributed by atoms with E-state index in [-0.39, 0.29) is 16.5 Å². The van der Waals surface area contributed by atoms with E-state index in [1.807, 2.05) is 25.1 Å². The first kappa shape index (κ1) is 17.5. The predicted octanol–water partition coefficient (Wildman–Crippen LogP) is 3.73. The highest BCUT2D eigenvalue weighted by molar-refractivity contribution is 7.80. The Hall–Kier alpha value is -2.87. The number of nitrogens with zero attached hydrogens (tertiary/aromatic N) is 1. The number of hydrogen-bond acceptors (Lipinski definition) is 5. The molecule has 0 saturated heterocycles. The summed E-state index contributed by atoms with van der Waals surface area (Å²) in [6, 6.07) is 10.1. The Balaban J connectivity index is 2.21. The van der Waals surface area contributed by atoms with E-state index in [1.54, 1.807) is 19.2 Å². The lowest BCUT2D eigenvalue weighted by Gasteiger charge is -2.14. The van der Waals surface area contributed by atoms with Crippen LogP contribution in [0.4, 0.5) is 17.1 Å². The first-order valence-corrected chi connectivity index (χ1v) is 7.40. The van der Waals surface area contributed by atoms with Crippen LogP contribution < -0.4 is 20.1 Å². The fourth-order valence-corrected chi connectivity index (χ4v) is 2.31. The average molecular weight is 347 g/mol. The van der Waals surface area contributed by atoms with Crippen molar-refractivity contribution in [3.63, 3.8) is 0 Å². The number of nitro groups is 1. The molecule has 0 atom stereocenters. The van der Waals surface area contributed by atoms with Crippen molar-refractivity contribution in [2.24, 2.45) is 0 Å². The molecule has 0 aliphatic carbocycles. The van der Waals surface area contributed by atoms with Crippen LogP contribution in [-0.2, 0) is 0 Å². The maximum atomic E-state index is 11.2. The Morgan fingerprint density at radius 2 is 1.79 bits per heavy atom. The van der Waals surface area contributed by atoms with Gasteiger partial charge < -0.3 is 20.1 Å². The Labute approximate surface area is 144 Å². The molecule has 0 aliphatic heterocycles. The van der Waals surface area contributed by atoms with Crippen molar-refractivity contribution in [1.29, 1.82) is 0 Å². The third kappa shape index (κ3) is 4.11. The Morgan fingerprint density at radius 1 is 1.08 bits per heavy atom. The van der Waals surface area contributed by atoms with Crippen molar-refractivity contribution in [1.82, 2.24) is 0 Å². The molecular formula is C16H17N3O4S. The summed E-state index contributed by atoms with van der Waals surface area (Å²) in [6.45, 7) is 1.94. The second-order valence-corrected chi connectivity index (χ2v) is 5.33. The molecule has 0 spiro atoms. The molecule has 0 radical (unpaired) electrons. The molecule has 2 aromatic carbocycles. The number of methoxy groups -OCH3 is 2. The van der Waals surface area contributed by atoms with Gasteiger partial charge in [0.15, 0.2) is 5.11 Å². The summed E-state index contributed by atoms with van der Waals surface area (Å²) < 4.78 is 10.3. The summed E-state index contributed by atoms with van der Waals surface area (Å²) in [5, 5.41) is 17.2. The minimum atomic E-state index is -0.499. The molecule has 0 amide bonds. The Morgan fingerprint density at radius 3 is 2.42 bits per heavy atom. The summed E-state index contributed by atoms with van der Waals surface area (Å²) in [5.41, 5.74) is 1.84. The highest BCUT2D eigenvalue weighted by Crippen LogP contribution is 2.30. The Kier molecular flexibility index (Phi) is 5.54. The molecule has 0 saturated carbocycles. The zero-order valence-corrected chi connectivity index (χ0v) is 14.3. The van der Waals surface area contributed by atoms with E-state index in [2.05, 4.69) is 10.6 Å².